The van der Waals surface area contributed by atoms with Gasteiger partial charge >= 0.3 is 0 Å². The van der Waals surface area contributed by atoms with Crippen LogP contribution in [0.4, 0.5) is 11.4 Å². The molecule has 1 atom stereocenters. The Hall–Kier alpha value is -2.11. The number of rotatable bonds is 5. The fourth-order valence-corrected chi connectivity index (χ4v) is 1.95. The van der Waals surface area contributed by atoms with E-state index in [4.69, 9.17) is 23.2 Å². The van der Waals surface area contributed by atoms with Crippen molar-refractivity contribution in [2.75, 3.05) is 5.43 Å². The Balaban J connectivity index is 2.07. The fourth-order valence-electron chi connectivity index (χ4n) is 1.59. The monoisotopic (exact) mass is 323 g/mol. The van der Waals surface area contributed by atoms with Crippen LogP contribution in [0.3, 0.4) is 0 Å². The zero-order chi connectivity index (χ0) is 15.2. The van der Waals surface area contributed by atoms with E-state index in [1.165, 1.54) is 12.1 Å². The summed E-state index contributed by atoms with van der Waals surface area (Å²) in [5, 5.41) is 14.1. The zero-order valence-electron chi connectivity index (χ0n) is 10.7. The largest absolute Gasteiger partial charge is 0.277 e. The maximum atomic E-state index is 10.6. The molecular formula is C14H11Cl2N3O2. The van der Waals surface area contributed by atoms with Gasteiger partial charge in [-0.25, -0.2) is 0 Å². The number of nitrogens with zero attached hydrogens (tertiary/aromatic N) is 2. The second kappa shape index (κ2) is 7.06. The Morgan fingerprint density at radius 3 is 2.33 bits per heavy atom. The fraction of sp³-hybridized carbons (Fsp3) is 0.0714. The normalized spacial score (nSPS) is 12.8. The van der Waals surface area contributed by atoms with Crippen LogP contribution in [-0.4, -0.2) is 10.1 Å². The van der Waals surface area contributed by atoms with E-state index in [1.807, 2.05) is 30.3 Å². The highest BCUT2D eigenvalue weighted by atomic mass is 35.5. The summed E-state index contributed by atoms with van der Waals surface area (Å²) in [7, 11) is 0. The van der Waals surface area contributed by atoms with Crippen molar-refractivity contribution < 1.29 is 4.92 Å². The Bertz CT molecular complexity index is 645. The summed E-state index contributed by atoms with van der Waals surface area (Å²) in [5.41, 5.74) is 4.20. The summed E-state index contributed by atoms with van der Waals surface area (Å²) in [6.45, 7) is 0. The third-order valence-corrected chi connectivity index (χ3v) is 3.54. The van der Waals surface area contributed by atoms with Gasteiger partial charge in [-0.1, -0.05) is 41.9 Å². The predicted molar refractivity (Wildman–Crippen MR) is 85.0 cm³/mol. The van der Waals surface area contributed by atoms with E-state index in [0.29, 0.717) is 5.56 Å². The summed E-state index contributed by atoms with van der Waals surface area (Å²) in [6.07, 6.45) is 0. The minimum absolute atomic E-state index is 0.00177. The van der Waals surface area contributed by atoms with Crippen molar-refractivity contribution in [1.29, 1.82) is 0 Å². The van der Waals surface area contributed by atoms with E-state index < -0.39 is 10.3 Å². The van der Waals surface area contributed by atoms with Gasteiger partial charge < -0.3 is 0 Å². The minimum atomic E-state index is -0.677. The van der Waals surface area contributed by atoms with Gasteiger partial charge in [-0.05, 0) is 17.7 Å². The Labute approximate surface area is 131 Å². The number of anilines is 1. The van der Waals surface area contributed by atoms with Gasteiger partial charge in [0.2, 0.25) is 0 Å². The van der Waals surface area contributed by atoms with Crippen molar-refractivity contribution in [2.45, 2.75) is 5.38 Å². The molecule has 2 rings (SSSR count). The molecule has 2 aromatic carbocycles. The molecule has 2 aromatic rings. The molecular weight excluding hydrogens is 313 g/mol. The highest BCUT2D eigenvalue weighted by molar-refractivity contribution is 6.70. The standard InChI is InChI=1S/C14H11Cl2N3O2/c15-13(10-6-8-12(9-7-10)19(20)21)14(16)18-17-11-4-2-1-3-5-11/h1-9,13,17H/b18-14-. The molecule has 1 unspecified atom stereocenters. The molecule has 0 saturated carbocycles. The first kappa shape index (κ1) is 15.3. The number of hydrogen-bond acceptors (Lipinski definition) is 4. The quantitative estimate of drug-likeness (QED) is 0.380. The Morgan fingerprint density at radius 1 is 1.14 bits per heavy atom. The van der Waals surface area contributed by atoms with E-state index in [0.717, 1.165) is 5.69 Å². The van der Waals surface area contributed by atoms with E-state index in [2.05, 4.69) is 10.5 Å². The van der Waals surface area contributed by atoms with Crippen molar-refractivity contribution >= 4 is 39.7 Å². The van der Waals surface area contributed by atoms with Gasteiger partial charge in [0.1, 0.15) is 10.5 Å². The molecule has 108 valence electrons. The first-order chi connectivity index (χ1) is 10.1. The lowest BCUT2D eigenvalue weighted by atomic mass is 10.1. The molecule has 0 bridgehead atoms. The third-order valence-electron chi connectivity index (χ3n) is 2.67. The average molecular weight is 324 g/mol. The van der Waals surface area contributed by atoms with Gasteiger partial charge in [-0.2, -0.15) is 5.10 Å². The summed E-state index contributed by atoms with van der Waals surface area (Å²) in [6, 6.07) is 15.1. The molecule has 0 heterocycles. The van der Waals surface area contributed by atoms with Crippen LogP contribution in [0.5, 0.6) is 0 Å². The van der Waals surface area contributed by atoms with Crippen LogP contribution in [0.1, 0.15) is 10.9 Å². The molecule has 0 aliphatic carbocycles. The van der Waals surface area contributed by atoms with Crippen molar-refractivity contribution in [3.63, 3.8) is 0 Å². The topological polar surface area (TPSA) is 67.5 Å². The molecule has 0 amide bonds. The second-order valence-electron chi connectivity index (χ2n) is 4.12. The SMILES string of the molecule is O=[N+]([O-])c1ccc(C(Cl)/C(Cl)=N/Nc2ccccc2)cc1. The number of hydrogen-bond donors (Lipinski definition) is 1. The first-order valence-corrected chi connectivity index (χ1v) is 6.82. The van der Waals surface area contributed by atoms with Crippen LogP contribution < -0.4 is 5.43 Å². The van der Waals surface area contributed by atoms with Crippen molar-refractivity contribution in [1.82, 2.24) is 0 Å². The van der Waals surface area contributed by atoms with Crippen molar-refractivity contribution in [2.24, 2.45) is 5.10 Å². The maximum absolute atomic E-state index is 10.6. The molecule has 0 aliphatic heterocycles. The van der Waals surface area contributed by atoms with Gasteiger partial charge in [0.15, 0.2) is 0 Å². The lowest BCUT2D eigenvalue weighted by molar-refractivity contribution is -0.384. The lowest BCUT2D eigenvalue weighted by Crippen LogP contribution is -2.03. The average Bonchev–Trinajstić information content (AvgIpc) is 2.53. The summed E-state index contributed by atoms with van der Waals surface area (Å²) < 4.78 is 0. The molecule has 0 saturated heterocycles. The van der Waals surface area contributed by atoms with Crippen LogP contribution in [0.15, 0.2) is 59.7 Å². The number of para-hydroxylation sites is 1. The van der Waals surface area contributed by atoms with Gasteiger partial charge in [0.05, 0.1) is 10.6 Å². The van der Waals surface area contributed by atoms with Gasteiger partial charge in [0, 0.05) is 12.1 Å². The highest BCUT2D eigenvalue weighted by Crippen LogP contribution is 2.26. The molecule has 7 heteroatoms. The summed E-state index contributed by atoms with van der Waals surface area (Å²) >= 11 is 12.2. The molecule has 0 spiro atoms. The molecule has 0 fully saturated rings. The van der Waals surface area contributed by atoms with Crippen LogP contribution in [0.2, 0.25) is 0 Å². The van der Waals surface area contributed by atoms with E-state index in [9.17, 15) is 10.1 Å². The Kier molecular flexibility index (Phi) is 5.14. The molecule has 0 radical (unpaired) electrons. The number of hydrazone groups is 1. The molecule has 0 aliphatic rings. The Morgan fingerprint density at radius 2 is 1.76 bits per heavy atom. The minimum Gasteiger partial charge on any atom is -0.277 e. The molecule has 0 aromatic heterocycles. The smallest absolute Gasteiger partial charge is 0.269 e. The second-order valence-corrected chi connectivity index (χ2v) is 4.95. The molecule has 21 heavy (non-hydrogen) atoms. The van der Waals surface area contributed by atoms with Crippen LogP contribution in [0.25, 0.3) is 0 Å². The lowest BCUT2D eigenvalue weighted by Gasteiger charge is -2.08. The van der Waals surface area contributed by atoms with Crippen LogP contribution >= 0.6 is 23.2 Å². The van der Waals surface area contributed by atoms with E-state index in [-0.39, 0.29) is 10.9 Å². The third kappa shape index (κ3) is 4.18. The number of alkyl halides is 1. The maximum Gasteiger partial charge on any atom is 0.269 e. The number of nitrogens with one attached hydrogen (secondary N) is 1. The highest BCUT2D eigenvalue weighted by Gasteiger charge is 2.15. The van der Waals surface area contributed by atoms with Crippen LogP contribution in [-0.2, 0) is 0 Å². The zero-order valence-corrected chi connectivity index (χ0v) is 12.3. The van der Waals surface area contributed by atoms with E-state index in [1.54, 1.807) is 12.1 Å². The summed E-state index contributed by atoms with van der Waals surface area (Å²) in [5.74, 6) is 0. The van der Waals surface area contributed by atoms with Gasteiger partial charge in [0.25, 0.3) is 5.69 Å². The number of benzene rings is 2. The predicted octanol–water partition coefficient (Wildman–Crippen LogP) is 4.54. The molecule has 5 nitrogen and oxygen atoms in total. The molecule has 1 N–H and O–H groups in total. The van der Waals surface area contributed by atoms with Gasteiger partial charge in [-0.3, -0.25) is 15.5 Å². The van der Waals surface area contributed by atoms with Crippen molar-refractivity contribution in [3.8, 4) is 0 Å². The number of nitro benzene ring substituents is 1. The van der Waals surface area contributed by atoms with E-state index >= 15 is 0 Å². The van der Waals surface area contributed by atoms with Crippen molar-refractivity contribution in [3.05, 3.63) is 70.3 Å². The number of non-ortho nitro benzene ring substituents is 1. The van der Waals surface area contributed by atoms with Gasteiger partial charge in [-0.15, -0.1) is 11.6 Å². The number of halogens is 2. The van der Waals surface area contributed by atoms with Crippen LogP contribution in [0, 0.1) is 10.1 Å². The first-order valence-electron chi connectivity index (χ1n) is 6.00. The summed E-state index contributed by atoms with van der Waals surface area (Å²) in [4.78, 5) is 10.1. The number of nitro groups is 1.